The summed E-state index contributed by atoms with van der Waals surface area (Å²) in [5.41, 5.74) is 8.11. The van der Waals surface area contributed by atoms with Gasteiger partial charge in [0.1, 0.15) is 0 Å². The second kappa shape index (κ2) is 6.40. The summed E-state index contributed by atoms with van der Waals surface area (Å²) in [7, 11) is 0. The van der Waals surface area contributed by atoms with E-state index in [9.17, 15) is 4.79 Å². The van der Waals surface area contributed by atoms with Gasteiger partial charge < -0.3 is 11.1 Å². The van der Waals surface area contributed by atoms with Crippen LogP contribution in [0.5, 0.6) is 0 Å². The molecular formula is C14H22N2O. The van der Waals surface area contributed by atoms with Gasteiger partial charge in [-0.3, -0.25) is 4.79 Å². The molecule has 0 aliphatic heterocycles. The van der Waals surface area contributed by atoms with Crippen LogP contribution in [0.25, 0.3) is 0 Å². The summed E-state index contributed by atoms with van der Waals surface area (Å²) in [6, 6.07) is 7.67. The van der Waals surface area contributed by atoms with Crippen molar-refractivity contribution in [3.05, 3.63) is 35.4 Å². The molecule has 0 fully saturated rings. The van der Waals surface area contributed by atoms with E-state index in [2.05, 4.69) is 5.32 Å². The van der Waals surface area contributed by atoms with Crippen LogP contribution in [-0.2, 0) is 4.79 Å². The molecule has 2 atom stereocenters. The number of carbonyl (C=O) groups excluding carboxylic acids is 1. The van der Waals surface area contributed by atoms with Crippen molar-refractivity contribution < 1.29 is 4.79 Å². The topological polar surface area (TPSA) is 55.1 Å². The molecule has 94 valence electrons. The number of amides is 1. The molecule has 17 heavy (non-hydrogen) atoms. The molecule has 0 bridgehead atoms. The Bertz CT molecular complexity index is 376. The number of benzene rings is 1. The first kappa shape index (κ1) is 13.7. The average molecular weight is 234 g/mol. The Morgan fingerprint density at radius 1 is 1.41 bits per heavy atom. The summed E-state index contributed by atoms with van der Waals surface area (Å²) in [4.78, 5) is 11.8. The summed E-state index contributed by atoms with van der Waals surface area (Å²) in [5.74, 6) is -0.0670. The van der Waals surface area contributed by atoms with E-state index in [4.69, 9.17) is 5.73 Å². The maximum absolute atomic E-state index is 11.8. The highest BCUT2D eigenvalue weighted by Gasteiger charge is 2.16. The molecule has 0 spiro atoms. The van der Waals surface area contributed by atoms with Crippen LogP contribution in [0.1, 0.15) is 43.9 Å². The number of hydrogen-bond donors (Lipinski definition) is 2. The van der Waals surface area contributed by atoms with E-state index in [-0.39, 0.29) is 11.9 Å². The highest BCUT2D eigenvalue weighted by Crippen LogP contribution is 2.16. The molecule has 0 aliphatic carbocycles. The second-order valence-electron chi connectivity index (χ2n) is 4.48. The molecule has 1 unspecified atom stereocenters. The SMILES string of the molecule is CCC[C@H](N)C(=O)NC(C)c1ccccc1C. The third kappa shape index (κ3) is 3.86. The minimum absolute atomic E-state index is 0.00612. The van der Waals surface area contributed by atoms with Crippen LogP contribution in [0.3, 0.4) is 0 Å². The first-order valence-corrected chi connectivity index (χ1v) is 6.17. The quantitative estimate of drug-likeness (QED) is 0.821. The molecule has 3 heteroatoms. The lowest BCUT2D eigenvalue weighted by molar-refractivity contribution is -0.123. The van der Waals surface area contributed by atoms with E-state index in [1.165, 1.54) is 5.56 Å². The third-order valence-electron chi connectivity index (χ3n) is 2.95. The largest absolute Gasteiger partial charge is 0.348 e. The van der Waals surface area contributed by atoms with Crippen LogP contribution in [-0.4, -0.2) is 11.9 Å². The van der Waals surface area contributed by atoms with E-state index >= 15 is 0 Å². The van der Waals surface area contributed by atoms with Gasteiger partial charge in [0.25, 0.3) is 0 Å². The van der Waals surface area contributed by atoms with Gasteiger partial charge in [-0.05, 0) is 31.4 Å². The first-order chi connectivity index (χ1) is 8.06. The molecule has 0 heterocycles. The number of carbonyl (C=O) groups is 1. The molecule has 1 rings (SSSR count). The highest BCUT2D eigenvalue weighted by molar-refractivity contribution is 5.81. The number of rotatable bonds is 5. The Balaban J connectivity index is 2.63. The lowest BCUT2D eigenvalue weighted by Gasteiger charge is -2.19. The van der Waals surface area contributed by atoms with Crippen molar-refractivity contribution in [2.45, 2.75) is 45.7 Å². The number of aryl methyl sites for hydroxylation is 1. The lowest BCUT2D eigenvalue weighted by Crippen LogP contribution is -2.41. The van der Waals surface area contributed by atoms with Crippen molar-refractivity contribution in [2.75, 3.05) is 0 Å². The summed E-state index contributed by atoms with van der Waals surface area (Å²) in [5, 5.41) is 2.96. The minimum Gasteiger partial charge on any atom is -0.348 e. The zero-order valence-corrected chi connectivity index (χ0v) is 10.9. The Morgan fingerprint density at radius 2 is 2.06 bits per heavy atom. The lowest BCUT2D eigenvalue weighted by atomic mass is 10.0. The van der Waals surface area contributed by atoms with Crippen LogP contribution in [0.4, 0.5) is 0 Å². The van der Waals surface area contributed by atoms with Crippen molar-refractivity contribution in [2.24, 2.45) is 5.73 Å². The smallest absolute Gasteiger partial charge is 0.237 e. The third-order valence-corrected chi connectivity index (χ3v) is 2.95. The van der Waals surface area contributed by atoms with E-state index in [0.717, 1.165) is 18.4 Å². The van der Waals surface area contributed by atoms with Crippen molar-refractivity contribution in [3.8, 4) is 0 Å². The van der Waals surface area contributed by atoms with Gasteiger partial charge in [0, 0.05) is 0 Å². The van der Waals surface area contributed by atoms with Crippen molar-refractivity contribution in [1.82, 2.24) is 5.32 Å². The maximum atomic E-state index is 11.8. The van der Waals surface area contributed by atoms with Gasteiger partial charge in [-0.2, -0.15) is 0 Å². The molecule has 3 N–H and O–H groups in total. The van der Waals surface area contributed by atoms with Crippen molar-refractivity contribution in [3.63, 3.8) is 0 Å². The van der Waals surface area contributed by atoms with Crippen LogP contribution >= 0.6 is 0 Å². The zero-order valence-electron chi connectivity index (χ0n) is 10.9. The summed E-state index contributed by atoms with van der Waals surface area (Å²) in [6.07, 6.45) is 1.65. The normalized spacial score (nSPS) is 14.1. The second-order valence-corrected chi connectivity index (χ2v) is 4.48. The van der Waals surface area contributed by atoms with Crippen molar-refractivity contribution in [1.29, 1.82) is 0 Å². The van der Waals surface area contributed by atoms with E-state index in [0.29, 0.717) is 0 Å². The van der Waals surface area contributed by atoms with Gasteiger partial charge in [-0.25, -0.2) is 0 Å². The number of nitrogens with one attached hydrogen (secondary N) is 1. The first-order valence-electron chi connectivity index (χ1n) is 6.17. The fourth-order valence-corrected chi connectivity index (χ4v) is 1.91. The summed E-state index contributed by atoms with van der Waals surface area (Å²) in [6.45, 7) is 6.06. The van der Waals surface area contributed by atoms with E-state index < -0.39 is 6.04 Å². The fourth-order valence-electron chi connectivity index (χ4n) is 1.91. The number of hydrogen-bond acceptors (Lipinski definition) is 2. The van der Waals surface area contributed by atoms with E-state index in [1.54, 1.807) is 0 Å². The summed E-state index contributed by atoms with van der Waals surface area (Å²) >= 11 is 0. The molecule has 0 aromatic heterocycles. The zero-order chi connectivity index (χ0) is 12.8. The Hall–Kier alpha value is -1.35. The standard InChI is InChI=1S/C14H22N2O/c1-4-7-13(15)14(17)16-11(3)12-9-6-5-8-10(12)2/h5-6,8-9,11,13H,4,7,15H2,1-3H3,(H,16,17)/t11?,13-/m0/s1. The van der Waals surface area contributed by atoms with E-state index in [1.807, 2.05) is 45.0 Å². The van der Waals surface area contributed by atoms with Crippen LogP contribution in [0, 0.1) is 6.92 Å². The predicted octanol–water partition coefficient (Wildman–Crippen LogP) is 2.30. The predicted molar refractivity (Wildman–Crippen MR) is 70.6 cm³/mol. The van der Waals surface area contributed by atoms with Gasteiger partial charge in [0.15, 0.2) is 0 Å². The Morgan fingerprint density at radius 3 is 2.65 bits per heavy atom. The maximum Gasteiger partial charge on any atom is 0.237 e. The molecule has 0 radical (unpaired) electrons. The van der Waals surface area contributed by atoms with Crippen molar-refractivity contribution >= 4 is 5.91 Å². The number of nitrogens with two attached hydrogens (primary N) is 1. The molecular weight excluding hydrogens is 212 g/mol. The Kier molecular flexibility index (Phi) is 5.16. The molecule has 0 saturated carbocycles. The Labute approximate surface area is 103 Å². The van der Waals surface area contributed by atoms with Gasteiger partial charge >= 0.3 is 0 Å². The molecule has 1 aromatic carbocycles. The van der Waals surface area contributed by atoms with Gasteiger partial charge in [-0.1, -0.05) is 37.6 Å². The molecule has 0 aliphatic rings. The molecule has 1 amide bonds. The van der Waals surface area contributed by atoms with Gasteiger partial charge in [-0.15, -0.1) is 0 Å². The monoisotopic (exact) mass is 234 g/mol. The molecule has 0 saturated heterocycles. The summed E-state index contributed by atoms with van der Waals surface area (Å²) < 4.78 is 0. The van der Waals surface area contributed by atoms with Crippen LogP contribution < -0.4 is 11.1 Å². The highest BCUT2D eigenvalue weighted by atomic mass is 16.2. The van der Waals surface area contributed by atoms with Gasteiger partial charge in [0.2, 0.25) is 5.91 Å². The molecule has 1 aromatic rings. The minimum atomic E-state index is -0.397. The average Bonchev–Trinajstić information content (AvgIpc) is 2.29. The van der Waals surface area contributed by atoms with Crippen LogP contribution in [0.2, 0.25) is 0 Å². The van der Waals surface area contributed by atoms with Gasteiger partial charge in [0.05, 0.1) is 12.1 Å². The fraction of sp³-hybridized carbons (Fsp3) is 0.500. The molecule has 3 nitrogen and oxygen atoms in total. The van der Waals surface area contributed by atoms with Crippen LogP contribution in [0.15, 0.2) is 24.3 Å².